The molecule has 0 spiro atoms. The smallest absolute Gasteiger partial charge is 0.251 e. The molecule has 1 saturated heterocycles. The number of carbonyl (C=O) groups excluding carboxylic acids is 1. The lowest BCUT2D eigenvalue weighted by atomic mass is 10.1. The van der Waals surface area contributed by atoms with E-state index in [4.69, 9.17) is 10.5 Å². The van der Waals surface area contributed by atoms with Crippen LogP contribution in [0.1, 0.15) is 23.7 Å². The summed E-state index contributed by atoms with van der Waals surface area (Å²) in [6.45, 7) is 8.07. The lowest BCUT2D eigenvalue weighted by Gasteiger charge is -2.26. The van der Waals surface area contributed by atoms with Gasteiger partial charge in [0.15, 0.2) is 0 Å². The van der Waals surface area contributed by atoms with E-state index < -0.39 is 0 Å². The molecule has 1 aliphatic heterocycles. The average Bonchev–Trinajstić information content (AvgIpc) is 2.55. The van der Waals surface area contributed by atoms with Crippen LogP contribution < -0.4 is 16.4 Å². The Morgan fingerprint density at radius 1 is 1.32 bits per heavy atom. The van der Waals surface area contributed by atoms with Crippen LogP contribution in [0.3, 0.4) is 0 Å². The van der Waals surface area contributed by atoms with E-state index in [1.165, 1.54) is 0 Å². The third-order valence-corrected chi connectivity index (χ3v) is 3.70. The second-order valence-electron chi connectivity index (χ2n) is 5.44. The fraction of sp³-hybridized carbons (Fsp3) is 0.562. The van der Waals surface area contributed by atoms with E-state index in [9.17, 15) is 4.79 Å². The van der Waals surface area contributed by atoms with E-state index in [1.807, 2.05) is 13.0 Å². The molecule has 0 saturated carbocycles. The Kier molecular flexibility index (Phi) is 6.48. The van der Waals surface area contributed by atoms with Crippen molar-refractivity contribution in [3.8, 4) is 0 Å². The van der Waals surface area contributed by atoms with Gasteiger partial charge in [0.1, 0.15) is 0 Å². The van der Waals surface area contributed by atoms with Crippen molar-refractivity contribution in [1.29, 1.82) is 0 Å². The van der Waals surface area contributed by atoms with Gasteiger partial charge in [-0.2, -0.15) is 0 Å². The first-order valence-electron chi connectivity index (χ1n) is 7.92. The van der Waals surface area contributed by atoms with Gasteiger partial charge in [0.05, 0.1) is 24.6 Å². The van der Waals surface area contributed by atoms with Crippen molar-refractivity contribution in [3.05, 3.63) is 23.8 Å². The zero-order valence-corrected chi connectivity index (χ0v) is 13.2. The molecule has 1 aliphatic rings. The van der Waals surface area contributed by atoms with Crippen molar-refractivity contribution >= 4 is 17.3 Å². The van der Waals surface area contributed by atoms with Gasteiger partial charge in [-0.1, -0.05) is 6.92 Å². The lowest BCUT2D eigenvalue weighted by molar-refractivity contribution is 0.0398. The highest BCUT2D eigenvalue weighted by atomic mass is 16.5. The standard InChI is InChI=1S/C16H26N4O2/c1-2-5-19-16(21)13-3-4-15(14(17)12-13)18-6-7-20-8-10-22-11-9-20/h3-4,12,18H,2,5-11,17H2,1H3,(H,19,21). The summed E-state index contributed by atoms with van der Waals surface area (Å²) in [6, 6.07) is 5.40. The minimum Gasteiger partial charge on any atom is -0.397 e. The fourth-order valence-electron chi connectivity index (χ4n) is 2.38. The SMILES string of the molecule is CCCNC(=O)c1ccc(NCCN2CCOCC2)c(N)c1. The van der Waals surface area contributed by atoms with Crippen molar-refractivity contribution in [2.75, 3.05) is 57.0 Å². The number of nitrogen functional groups attached to an aromatic ring is 1. The number of morpholine rings is 1. The summed E-state index contributed by atoms with van der Waals surface area (Å²) in [5.74, 6) is -0.0755. The topological polar surface area (TPSA) is 79.6 Å². The first-order valence-corrected chi connectivity index (χ1v) is 7.92. The van der Waals surface area contributed by atoms with Crippen LogP contribution in [0.2, 0.25) is 0 Å². The van der Waals surface area contributed by atoms with Gasteiger partial charge >= 0.3 is 0 Å². The van der Waals surface area contributed by atoms with E-state index in [-0.39, 0.29) is 5.91 Å². The average molecular weight is 306 g/mol. The molecule has 0 radical (unpaired) electrons. The zero-order valence-electron chi connectivity index (χ0n) is 13.2. The molecule has 0 unspecified atom stereocenters. The minimum atomic E-state index is -0.0755. The summed E-state index contributed by atoms with van der Waals surface area (Å²) in [5.41, 5.74) is 8.11. The number of nitrogens with zero attached hydrogens (tertiary/aromatic N) is 1. The quantitative estimate of drug-likeness (QED) is 0.659. The second kappa shape index (κ2) is 8.60. The van der Waals surface area contributed by atoms with Crippen molar-refractivity contribution in [1.82, 2.24) is 10.2 Å². The van der Waals surface area contributed by atoms with Gasteiger partial charge in [0, 0.05) is 38.3 Å². The summed E-state index contributed by atoms with van der Waals surface area (Å²) in [7, 11) is 0. The molecule has 22 heavy (non-hydrogen) atoms. The van der Waals surface area contributed by atoms with Crippen LogP contribution in [0.5, 0.6) is 0 Å². The van der Waals surface area contributed by atoms with Crippen molar-refractivity contribution in [3.63, 3.8) is 0 Å². The Bertz CT molecular complexity index is 487. The van der Waals surface area contributed by atoms with E-state index in [0.29, 0.717) is 17.8 Å². The maximum absolute atomic E-state index is 11.9. The van der Waals surface area contributed by atoms with E-state index in [0.717, 1.165) is 51.5 Å². The molecule has 122 valence electrons. The number of hydrogen-bond acceptors (Lipinski definition) is 5. The number of nitrogens with one attached hydrogen (secondary N) is 2. The highest BCUT2D eigenvalue weighted by molar-refractivity contribution is 5.96. The Morgan fingerprint density at radius 3 is 2.77 bits per heavy atom. The van der Waals surface area contributed by atoms with Crippen molar-refractivity contribution in [2.24, 2.45) is 0 Å². The molecule has 2 rings (SSSR count). The molecular formula is C16H26N4O2. The highest BCUT2D eigenvalue weighted by Crippen LogP contribution is 2.19. The third kappa shape index (κ3) is 4.89. The maximum atomic E-state index is 11.9. The molecule has 1 heterocycles. The van der Waals surface area contributed by atoms with Crippen molar-refractivity contribution < 1.29 is 9.53 Å². The first-order chi connectivity index (χ1) is 10.7. The molecule has 4 N–H and O–H groups in total. The summed E-state index contributed by atoms with van der Waals surface area (Å²) < 4.78 is 5.33. The molecule has 1 aromatic rings. The molecule has 6 nitrogen and oxygen atoms in total. The van der Waals surface area contributed by atoms with Crippen LogP contribution in [0.25, 0.3) is 0 Å². The van der Waals surface area contributed by atoms with E-state index in [2.05, 4.69) is 15.5 Å². The van der Waals surface area contributed by atoms with Gasteiger partial charge in [0.25, 0.3) is 5.91 Å². The predicted octanol–water partition coefficient (Wildman–Crippen LogP) is 1.15. The molecule has 1 amide bonds. The fourth-order valence-corrected chi connectivity index (χ4v) is 2.38. The van der Waals surface area contributed by atoms with Gasteiger partial charge in [-0.3, -0.25) is 9.69 Å². The van der Waals surface area contributed by atoms with Crippen LogP contribution in [-0.2, 0) is 4.74 Å². The van der Waals surface area contributed by atoms with Crippen LogP contribution in [0, 0.1) is 0 Å². The van der Waals surface area contributed by atoms with Gasteiger partial charge in [-0.25, -0.2) is 0 Å². The Morgan fingerprint density at radius 2 is 2.09 bits per heavy atom. The monoisotopic (exact) mass is 306 g/mol. The zero-order chi connectivity index (χ0) is 15.8. The van der Waals surface area contributed by atoms with Crippen LogP contribution in [-0.4, -0.2) is 56.7 Å². The molecule has 1 fully saturated rings. The predicted molar refractivity (Wildman–Crippen MR) is 89.2 cm³/mol. The Labute approximate surface area is 132 Å². The lowest BCUT2D eigenvalue weighted by Crippen LogP contribution is -2.39. The number of hydrogen-bond donors (Lipinski definition) is 3. The number of anilines is 2. The second-order valence-corrected chi connectivity index (χ2v) is 5.44. The number of ether oxygens (including phenoxy) is 1. The largest absolute Gasteiger partial charge is 0.397 e. The van der Waals surface area contributed by atoms with E-state index >= 15 is 0 Å². The summed E-state index contributed by atoms with van der Waals surface area (Å²) in [6.07, 6.45) is 0.919. The molecule has 0 bridgehead atoms. The summed E-state index contributed by atoms with van der Waals surface area (Å²) in [4.78, 5) is 14.2. The molecule has 1 aromatic carbocycles. The highest BCUT2D eigenvalue weighted by Gasteiger charge is 2.10. The van der Waals surface area contributed by atoms with Crippen LogP contribution in [0.4, 0.5) is 11.4 Å². The number of amides is 1. The van der Waals surface area contributed by atoms with E-state index in [1.54, 1.807) is 12.1 Å². The number of nitrogens with two attached hydrogens (primary N) is 1. The van der Waals surface area contributed by atoms with Gasteiger partial charge in [-0.15, -0.1) is 0 Å². The maximum Gasteiger partial charge on any atom is 0.251 e. The molecule has 0 aliphatic carbocycles. The molecular weight excluding hydrogens is 280 g/mol. The normalized spacial score (nSPS) is 15.5. The molecule has 0 atom stereocenters. The number of benzene rings is 1. The third-order valence-electron chi connectivity index (χ3n) is 3.70. The number of carbonyl (C=O) groups is 1. The van der Waals surface area contributed by atoms with Gasteiger partial charge in [0.2, 0.25) is 0 Å². The summed E-state index contributed by atoms with van der Waals surface area (Å²) in [5, 5.41) is 6.18. The van der Waals surface area contributed by atoms with Gasteiger partial charge < -0.3 is 21.1 Å². The van der Waals surface area contributed by atoms with Crippen LogP contribution in [0.15, 0.2) is 18.2 Å². The molecule has 6 heteroatoms. The summed E-state index contributed by atoms with van der Waals surface area (Å²) >= 11 is 0. The minimum absolute atomic E-state index is 0.0755. The number of rotatable bonds is 7. The van der Waals surface area contributed by atoms with Gasteiger partial charge in [-0.05, 0) is 24.6 Å². The Hall–Kier alpha value is -1.79. The molecule has 0 aromatic heterocycles. The Balaban J connectivity index is 1.82. The first kappa shape index (κ1) is 16.6. The van der Waals surface area contributed by atoms with Crippen molar-refractivity contribution in [2.45, 2.75) is 13.3 Å². The van der Waals surface area contributed by atoms with Crippen LogP contribution >= 0.6 is 0 Å².